The maximum absolute atomic E-state index is 13.0. The zero-order chi connectivity index (χ0) is 14.9. The molecule has 1 saturated heterocycles. The second kappa shape index (κ2) is 5.65. The van der Waals surface area contributed by atoms with Crippen molar-refractivity contribution in [2.75, 3.05) is 11.5 Å². The summed E-state index contributed by atoms with van der Waals surface area (Å²) in [7, 11) is -3.23. The first kappa shape index (κ1) is 15.2. The van der Waals surface area contributed by atoms with E-state index in [4.69, 9.17) is 11.6 Å². The van der Waals surface area contributed by atoms with Crippen LogP contribution in [0.5, 0.6) is 0 Å². The van der Waals surface area contributed by atoms with Gasteiger partial charge in [0.1, 0.15) is 0 Å². The minimum absolute atomic E-state index is 0.169. The van der Waals surface area contributed by atoms with Gasteiger partial charge in [0.05, 0.1) is 29.3 Å². The molecule has 0 radical (unpaired) electrons. The molecular weight excluding hydrogens is 312 g/mol. The number of alkyl halides is 1. The lowest BCUT2D eigenvalue weighted by molar-refractivity contribution is -0.120. The normalized spacial score (nSPS) is 24.6. The molecule has 0 aliphatic carbocycles. The van der Waals surface area contributed by atoms with Crippen molar-refractivity contribution in [1.82, 2.24) is 5.32 Å². The maximum Gasteiger partial charge on any atom is 0.224 e. The predicted molar refractivity (Wildman–Crippen MR) is 70.3 cm³/mol. The van der Waals surface area contributed by atoms with Crippen LogP contribution in [0.3, 0.4) is 0 Å². The Morgan fingerprint density at radius 1 is 1.30 bits per heavy atom. The minimum Gasteiger partial charge on any atom is -0.351 e. The molecule has 0 spiro atoms. The monoisotopic (exact) mass is 323 g/mol. The van der Waals surface area contributed by atoms with Crippen LogP contribution in [0.2, 0.25) is 0 Å². The number of carbonyl (C=O) groups is 1. The lowest BCUT2D eigenvalue weighted by atomic mass is 10.1. The van der Waals surface area contributed by atoms with E-state index in [1.807, 2.05) is 0 Å². The predicted octanol–water partition coefficient (Wildman–Crippen LogP) is 1.03. The molecule has 2 atom stereocenters. The van der Waals surface area contributed by atoms with Crippen LogP contribution in [0.4, 0.5) is 8.78 Å². The van der Waals surface area contributed by atoms with Crippen LogP contribution in [-0.2, 0) is 21.1 Å². The lowest BCUT2D eigenvalue weighted by Crippen LogP contribution is -2.41. The van der Waals surface area contributed by atoms with Crippen LogP contribution in [0.15, 0.2) is 18.2 Å². The number of sulfone groups is 1. The smallest absolute Gasteiger partial charge is 0.224 e. The zero-order valence-electron chi connectivity index (χ0n) is 10.3. The summed E-state index contributed by atoms with van der Waals surface area (Å²) in [6.45, 7) is 0. The Morgan fingerprint density at radius 2 is 2.00 bits per heavy atom. The quantitative estimate of drug-likeness (QED) is 0.845. The third kappa shape index (κ3) is 3.67. The standard InChI is InChI=1S/C12H12ClF2NO3S/c13-8-5-20(18,19)6-11(8)16-12(17)4-7-1-2-9(14)10(15)3-7/h1-3,8,11H,4-6H2,(H,16,17). The average molecular weight is 324 g/mol. The molecule has 1 aromatic rings. The third-order valence-electron chi connectivity index (χ3n) is 2.98. The van der Waals surface area contributed by atoms with Crippen molar-refractivity contribution in [2.45, 2.75) is 17.8 Å². The van der Waals surface area contributed by atoms with Crippen molar-refractivity contribution in [3.63, 3.8) is 0 Å². The summed E-state index contributed by atoms with van der Waals surface area (Å²) < 4.78 is 48.4. The molecule has 110 valence electrons. The molecule has 0 saturated carbocycles. The van der Waals surface area contributed by atoms with Crippen LogP contribution in [-0.4, -0.2) is 37.2 Å². The van der Waals surface area contributed by atoms with E-state index in [1.54, 1.807) is 0 Å². The molecule has 2 unspecified atom stereocenters. The van der Waals surface area contributed by atoms with Crippen molar-refractivity contribution < 1.29 is 22.0 Å². The van der Waals surface area contributed by atoms with E-state index in [0.717, 1.165) is 12.1 Å². The first-order valence-corrected chi connectivity index (χ1v) is 8.10. The van der Waals surface area contributed by atoms with Gasteiger partial charge in [0.2, 0.25) is 5.91 Å². The number of rotatable bonds is 3. The zero-order valence-corrected chi connectivity index (χ0v) is 11.8. The van der Waals surface area contributed by atoms with Gasteiger partial charge >= 0.3 is 0 Å². The van der Waals surface area contributed by atoms with Gasteiger partial charge in [0.25, 0.3) is 0 Å². The molecule has 1 amide bonds. The van der Waals surface area contributed by atoms with Crippen molar-refractivity contribution in [3.8, 4) is 0 Å². The second-order valence-corrected chi connectivity index (χ2v) is 7.41. The molecular formula is C12H12ClF2NO3S. The van der Waals surface area contributed by atoms with Gasteiger partial charge in [-0.05, 0) is 17.7 Å². The van der Waals surface area contributed by atoms with Gasteiger partial charge in [0.15, 0.2) is 21.5 Å². The Kier molecular flexibility index (Phi) is 4.29. The number of amides is 1. The summed E-state index contributed by atoms with van der Waals surface area (Å²) in [4.78, 5) is 11.7. The Hall–Kier alpha value is -1.21. The molecule has 1 aliphatic heterocycles. The summed E-state index contributed by atoms with van der Waals surface area (Å²) in [5.41, 5.74) is 0.299. The highest BCUT2D eigenvalue weighted by Crippen LogP contribution is 2.18. The summed E-state index contributed by atoms with van der Waals surface area (Å²) in [5, 5.41) is 1.83. The molecule has 0 aromatic heterocycles. The number of carbonyl (C=O) groups excluding carboxylic acids is 1. The van der Waals surface area contributed by atoms with Crippen LogP contribution in [0, 0.1) is 11.6 Å². The summed E-state index contributed by atoms with van der Waals surface area (Å²) >= 11 is 5.85. The fraction of sp³-hybridized carbons (Fsp3) is 0.417. The van der Waals surface area contributed by atoms with Crippen LogP contribution in [0.1, 0.15) is 5.56 Å². The van der Waals surface area contributed by atoms with Gasteiger partial charge < -0.3 is 5.32 Å². The first-order chi connectivity index (χ1) is 9.27. The largest absolute Gasteiger partial charge is 0.351 e. The highest BCUT2D eigenvalue weighted by molar-refractivity contribution is 7.91. The van der Waals surface area contributed by atoms with Gasteiger partial charge in [-0.15, -0.1) is 11.6 Å². The Bertz CT molecular complexity index is 636. The molecule has 1 aromatic carbocycles. The molecule has 2 rings (SSSR count). The highest BCUT2D eigenvalue weighted by Gasteiger charge is 2.37. The summed E-state index contributed by atoms with van der Waals surface area (Å²) in [5.74, 6) is -2.88. The van der Waals surface area contributed by atoms with Gasteiger partial charge in [0, 0.05) is 0 Å². The van der Waals surface area contributed by atoms with Crippen LogP contribution in [0.25, 0.3) is 0 Å². The molecule has 0 bridgehead atoms. The molecule has 8 heteroatoms. The Labute approximate surface area is 120 Å². The van der Waals surface area contributed by atoms with Gasteiger partial charge in [-0.25, -0.2) is 17.2 Å². The third-order valence-corrected chi connectivity index (χ3v) is 5.35. The molecule has 4 nitrogen and oxygen atoms in total. The maximum atomic E-state index is 13.0. The number of halogens is 3. The number of benzene rings is 1. The number of hydrogen-bond donors (Lipinski definition) is 1. The Balaban J connectivity index is 1.97. The fourth-order valence-corrected chi connectivity index (χ4v) is 4.58. The Morgan fingerprint density at radius 3 is 2.55 bits per heavy atom. The summed E-state index contributed by atoms with van der Waals surface area (Å²) in [6.07, 6.45) is -0.169. The van der Waals surface area contributed by atoms with E-state index in [0.29, 0.717) is 5.56 Å². The molecule has 1 heterocycles. The van der Waals surface area contributed by atoms with E-state index < -0.39 is 38.8 Å². The van der Waals surface area contributed by atoms with E-state index in [9.17, 15) is 22.0 Å². The summed E-state index contributed by atoms with van der Waals surface area (Å²) in [6, 6.07) is 2.50. The van der Waals surface area contributed by atoms with Crippen molar-refractivity contribution >= 4 is 27.3 Å². The van der Waals surface area contributed by atoms with Crippen LogP contribution >= 0.6 is 11.6 Å². The lowest BCUT2D eigenvalue weighted by Gasteiger charge is -2.14. The van der Waals surface area contributed by atoms with E-state index in [2.05, 4.69) is 5.32 Å². The molecule has 1 aliphatic rings. The highest BCUT2D eigenvalue weighted by atomic mass is 35.5. The van der Waals surface area contributed by atoms with Crippen molar-refractivity contribution in [1.29, 1.82) is 0 Å². The fourth-order valence-electron chi connectivity index (χ4n) is 2.03. The SMILES string of the molecule is O=C(Cc1ccc(F)c(F)c1)NC1CS(=O)(=O)CC1Cl. The van der Waals surface area contributed by atoms with E-state index in [1.165, 1.54) is 6.07 Å². The van der Waals surface area contributed by atoms with E-state index >= 15 is 0 Å². The van der Waals surface area contributed by atoms with Crippen LogP contribution < -0.4 is 5.32 Å². The topological polar surface area (TPSA) is 63.2 Å². The minimum atomic E-state index is -3.23. The average Bonchev–Trinajstić information content (AvgIpc) is 2.57. The number of hydrogen-bond acceptors (Lipinski definition) is 3. The molecule has 20 heavy (non-hydrogen) atoms. The second-order valence-electron chi connectivity index (χ2n) is 4.69. The van der Waals surface area contributed by atoms with Crippen molar-refractivity contribution in [2.24, 2.45) is 0 Å². The number of nitrogens with one attached hydrogen (secondary N) is 1. The molecule has 1 fully saturated rings. The molecule has 1 N–H and O–H groups in total. The van der Waals surface area contributed by atoms with E-state index in [-0.39, 0.29) is 17.9 Å². The van der Waals surface area contributed by atoms with Gasteiger partial charge in [-0.2, -0.15) is 0 Å². The van der Waals surface area contributed by atoms with Gasteiger partial charge in [-0.3, -0.25) is 4.79 Å². The van der Waals surface area contributed by atoms with Gasteiger partial charge in [-0.1, -0.05) is 6.07 Å². The van der Waals surface area contributed by atoms with Crippen molar-refractivity contribution in [3.05, 3.63) is 35.4 Å². The first-order valence-electron chi connectivity index (χ1n) is 5.84.